The van der Waals surface area contributed by atoms with Crippen molar-refractivity contribution < 1.29 is 13.6 Å². The summed E-state index contributed by atoms with van der Waals surface area (Å²) in [5.74, 6) is 1.13. The van der Waals surface area contributed by atoms with E-state index in [0.29, 0.717) is 19.5 Å². The molecule has 1 aromatic heterocycles. The summed E-state index contributed by atoms with van der Waals surface area (Å²) in [4.78, 5) is 14.8. The first-order chi connectivity index (χ1) is 18.8. The molecular formula is C32H48N2O2. The minimum absolute atomic E-state index is 0.130. The van der Waals surface area contributed by atoms with Crippen molar-refractivity contribution in [3.8, 4) is 5.75 Å². The number of methoxy groups -OCH3 is 1. The van der Waals surface area contributed by atoms with Crippen molar-refractivity contribution in [3.63, 3.8) is 0 Å². The van der Waals surface area contributed by atoms with Gasteiger partial charge in [0.2, 0.25) is 5.91 Å². The third-order valence-electron chi connectivity index (χ3n) is 7.36. The van der Waals surface area contributed by atoms with Crippen molar-refractivity contribution in [3.05, 3.63) is 54.3 Å². The predicted molar refractivity (Wildman–Crippen MR) is 153 cm³/mol. The highest BCUT2D eigenvalue weighted by Crippen LogP contribution is 2.36. The van der Waals surface area contributed by atoms with Gasteiger partial charge in [0.15, 0.2) is 0 Å². The van der Waals surface area contributed by atoms with Gasteiger partial charge in [-0.1, -0.05) is 63.3 Å². The third-order valence-corrected chi connectivity index (χ3v) is 7.36. The molecule has 1 aliphatic heterocycles. The molecule has 1 aliphatic rings. The molecule has 0 N–H and O–H groups in total. The topological polar surface area (TPSA) is 34.5 Å². The van der Waals surface area contributed by atoms with Crippen LogP contribution in [0.1, 0.15) is 111 Å². The second kappa shape index (κ2) is 15.7. The molecule has 0 spiro atoms. The van der Waals surface area contributed by atoms with Crippen LogP contribution in [-0.2, 0) is 0 Å². The Morgan fingerprint density at radius 3 is 2.42 bits per heavy atom. The number of allylic oxidation sites excluding steroid dienone is 4. The molecule has 4 nitrogen and oxygen atoms in total. The number of nitrogens with zero attached hydrogens (tertiary/aromatic N) is 2. The van der Waals surface area contributed by atoms with Gasteiger partial charge in [0, 0.05) is 22.1 Å². The van der Waals surface area contributed by atoms with E-state index in [4.69, 9.17) is 8.85 Å². The smallest absolute Gasteiger partial charge is 0.231 e. The van der Waals surface area contributed by atoms with Gasteiger partial charge >= 0.3 is 0 Å². The van der Waals surface area contributed by atoms with Crippen LogP contribution in [0.25, 0.3) is 10.9 Å². The average molecular weight is 496 g/mol. The zero-order chi connectivity index (χ0) is 28.1. The predicted octanol–water partition coefficient (Wildman–Crippen LogP) is 8.52. The molecule has 4 heteroatoms. The van der Waals surface area contributed by atoms with E-state index in [1.165, 1.54) is 38.5 Å². The van der Waals surface area contributed by atoms with Gasteiger partial charge in [0.05, 0.1) is 12.6 Å². The number of likely N-dealkylation sites (tertiary alicyclic amines) is 1. The first-order valence-corrected chi connectivity index (χ1v) is 14.1. The van der Waals surface area contributed by atoms with Crippen LogP contribution in [0.5, 0.6) is 5.75 Å². The van der Waals surface area contributed by atoms with Crippen molar-refractivity contribution in [2.45, 2.75) is 96.3 Å². The molecule has 1 saturated heterocycles. The lowest BCUT2D eigenvalue weighted by Gasteiger charge is -2.28. The molecular weight excluding hydrogens is 444 g/mol. The standard InChI is InChI=1S/C32H48N2O2/c1-4-5-6-7-8-9-10-11-12-13-14-15-16-17-18-32(35)34-26-30(27-21-23-33(2)24-22-27)29-25-28(36-3)19-20-31(29)34/h8-11,19-20,25-27H,4-7,12-18,21-24H2,1-3H3/b9-8-,11-10-/i2D3. The highest BCUT2D eigenvalue weighted by atomic mass is 16.5. The third kappa shape index (κ3) is 8.65. The summed E-state index contributed by atoms with van der Waals surface area (Å²) in [5, 5.41) is 1.04. The largest absolute Gasteiger partial charge is 0.497 e. The number of aromatic nitrogens is 1. The first-order valence-electron chi connectivity index (χ1n) is 15.6. The number of hydrogen-bond donors (Lipinski definition) is 0. The maximum Gasteiger partial charge on any atom is 0.231 e. The van der Waals surface area contributed by atoms with Crippen LogP contribution < -0.4 is 4.74 Å². The van der Waals surface area contributed by atoms with E-state index < -0.39 is 6.98 Å². The average Bonchev–Trinajstić information content (AvgIpc) is 3.31. The van der Waals surface area contributed by atoms with Crippen LogP contribution in [0, 0.1) is 0 Å². The number of unbranched alkanes of at least 4 members (excludes halogenated alkanes) is 8. The van der Waals surface area contributed by atoms with Crippen LogP contribution in [0.15, 0.2) is 48.7 Å². The Morgan fingerprint density at radius 1 is 1.03 bits per heavy atom. The fourth-order valence-corrected chi connectivity index (χ4v) is 5.13. The first kappa shape index (κ1) is 24.0. The van der Waals surface area contributed by atoms with E-state index in [0.717, 1.165) is 60.7 Å². The minimum Gasteiger partial charge on any atom is -0.497 e. The normalized spacial score (nSPS) is 17.1. The van der Waals surface area contributed by atoms with E-state index in [2.05, 4.69) is 31.2 Å². The maximum absolute atomic E-state index is 13.2. The summed E-state index contributed by atoms with van der Waals surface area (Å²) < 4.78 is 30.4. The van der Waals surface area contributed by atoms with Gasteiger partial charge in [-0.25, -0.2) is 0 Å². The Hall–Kier alpha value is -2.33. The van der Waals surface area contributed by atoms with E-state index in [9.17, 15) is 4.79 Å². The molecule has 0 radical (unpaired) electrons. The Labute approximate surface area is 223 Å². The summed E-state index contributed by atoms with van der Waals surface area (Å²) in [7, 11) is 1.65. The number of piperidine rings is 1. The van der Waals surface area contributed by atoms with E-state index in [1.54, 1.807) is 12.0 Å². The van der Waals surface area contributed by atoms with Gasteiger partial charge in [-0.3, -0.25) is 9.36 Å². The molecule has 36 heavy (non-hydrogen) atoms. The van der Waals surface area contributed by atoms with E-state index in [-0.39, 0.29) is 11.8 Å². The summed E-state index contributed by atoms with van der Waals surface area (Å²) in [6.07, 6.45) is 24.6. The monoisotopic (exact) mass is 495 g/mol. The van der Waals surface area contributed by atoms with Gasteiger partial charge in [-0.05, 0) is 94.7 Å². The van der Waals surface area contributed by atoms with Gasteiger partial charge in [0.25, 0.3) is 0 Å². The molecule has 0 bridgehead atoms. The van der Waals surface area contributed by atoms with Crippen LogP contribution in [0.3, 0.4) is 0 Å². The Morgan fingerprint density at radius 2 is 1.72 bits per heavy atom. The fraction of sp³-hybridized carbons (Fsp3) is 0.594. The molecule has 198 valence electrons. The number of hydrogen-bond acceptors (Lipinski definition) is 3. The molecule has 2 aromatic rings. The maximum atomic E-state index is 13.2. The molecule has 0 aliphatic carbocycles. The van der Waals surface area contributed by atoms with Crippen molar-refractivity contribution in [2.75, 3.05) is 27.2 Å². The number of ether oxygens (including phenoxy) is 1. The van der Waals surface area contributed by atoms with Gasteiger partial charge in [-0.15, -0.1) is 0 Å². The number of carbonyl (C=O) groups excluding carboxylic acids is 1. The highest BCUT2D eigenvalue weighted by Gasteiger charge is 2.24. The fourth-order valence-electron chi connectivity index (χ4n) is 5.13. The molecule has 1 fully saturated rings. The van der Waals surface area contributed by atoms with Crippen LogP contribution >= 0.6 is 0 Å². The van der Waals surface area contributed by atoms with Gasteiger partial charge in [0.1, 0.15) is 5.75 Å². The summed E-state index contributed by atoms with van der Waals surface area (Å²) in [6.45, 7) is 1.27. The number of rotatable bonds is 15. The second-order valence-corrected chi connectivity index (χ2v) is 10.2. The zero-order valence-electron chi connectivity index (χ0n) is 25.5. The summed E-state index contributed by atoms with van der Waals surface area (Å²) in [5.41, 5.74) is 2.05. The minimum atomic E-state index is -2.04. The van der Waals surface area contributed by atoms with Gasteiger partial charge in [-0.2, -0.15) is 0 Å². The number of benzene rings is 1. The zero-order valence-corrected chi connectivity index (χ0v) is 22.5. The lowest BCUT2D eigenvalue weighted by Crippen LogP contribution is -2.29. The summed E-state index contributed by atoms with van der Waals surface area (Å²) >= 11 is 0. The number of carbonyl (C=O) groups is 1. The quantitative estimate of drug-likeness (QED) is 0.183. The van der Waals surface area contributed by atoms with Crippen molar-refractivity contribution in [1.82, 2.24) is 9.47 Å². The molecule has 3 rings (SSSR count). The van der Waals surface area contributed by atoms with Crippen LogP contribution in [0.4, 0.5) is 0 Å². The summed E-state index contributed by atoms with van der Waals surface area (Å²) in [6, 6.07) is 5.89. The van der Waals surface area contributed by atoms with E-state index >= 15 is 0 Å². The van der Waals surface area contributed by atoms with Crippen LogP contribution in [0.2, 0.25) is 0 Å². The SMILES string of the molecule is [2H]C([2H])([2H])N1CCC(c2cn(C(=O)CCCCCCC/C=C\C=C/CCCCC)c3ccc(OC)cc23)CC1. The van der Waals surface area contributed by atoms with Crippen molar-refractivity contribution in [2.24, 2.45) is 0 Å². The second-order valence-electron chi connectivity index (χ2n) is 10.2. The molecule has 0 unspecified atom stereocenters. The Kier molecular flexibility index (Phi) is 10.5. The molecule has 0 atom stereocenters. The highest BCUT2D eigenvalue weighted by molar-refractivity contribution is 5.95. The lowest BCUT2D eigenvalue weighted by molar-refractivity contribution is 0.0904. The Bertz CT molecular complexity index is 1080. The molecule has 2 heterocycles. The Balaban J connectivity index is 1.47. The van der Waals surface area contributed by atoms with Crippen molar-refractivity contribution >= 4 is 16.8 Å². The van der Waals surface area contributed by atoms with Gasteiger partial charge < -0.3 is 9.64 Å². The molecule has 0 saturated carbocycles. The number of fused-ring (bicyclic) bond motifs is 1. The van der Waals surface area contributed by atoms with Crippen molar-refractivity contribution in [1.29, 1.82) is 0 Å². The van der Waals surface area contributed by atoms with Crippen LogP contribution in [-0.4, -0.2) is 42.5 Å². The lowest BCUT2D eigenvalue weighted by atomic mass is 9.89. The van der Waals surface area contributed by atoms with E-state index in [1.807, 2.05) is 29.0 Å². The molecule has 0 amide bonds. The molecule has 1 aromatic carbocycles.